The van der Waals surface area contributed by atoms with Gasteiger partial charge in [-0.1, -0.05) is 0 Å². The molecule has 3 heterocycles. The van der Waals surface area contributed by atoms with Crippen LogP contribution in [0.4, 0.5) is 0 Å². The Morgan fingerprint density at radius 1 is 1.22 bits per heavy atom. The molecule has 0 aromatic carbocycles. The number of pyridine rings is 1. The van der Waals surface area contributed by atoms with Crippen LogP contribution < -0.4 is 5.73 Å². The van der Waals surface area contributed by atoms with Crippen molar-refractivity contribution in [2.45, 2.75) is 32.2 Å². The summed E-state index contributed by atoms with van der Waals surface area (Å²) in [5.74, 6) is 1.14. The Morgan fingerprint density at radius 2 is 2.06 bits per heavy atom. The van der Waals surface area contributed by atoms with Gasteiger partial charge in [0, 0.05) is 36.6 Å². The predicted molar refractivity (Wildman–Crippen MR) is 71.2 cm³/mol. The summed E-state index contributed by atoms with van der Waals surface area (Å²) in [6, 6.07) is 4.06. The summed E-state index contributed by atoms with van der Waals surface area (Å²) in [6.07, 6.45) is 8.13. The van der Waals surface area contributed by atoms with Crippen LogP contribution in [0.1, 0.15) is 24.4 Å². The molecule has 18 heavy (non-hydrogen) atoms. The molecule has 94 valence electrons. The van der Waals surface area contributed by atoms with Crippen molar-refractivity contribution in [3.05, 3.63) is 36.0 Å². The number of hydrogen-bond acceptors (Lipinski definition) is 3. The molecule has 4 nitrogen and oxygen atoms in total. The molecule has 2 aromatic rings. The van der Waals surface area contributed by atoms with Crippen LogP contribution in [-0.2, 0) is 19.4 Å². The molecule has 0 saturated heterocycles. The zero-order valence-corrected chi connectivity index (χ0v) is 10.5. The number of nitrogens with zero attached hydrogens (tertiary/aromatic N) is 3. The van der Waals surface area contributed by atoms with Gasteiger partial charge in [-0.3, -0.25) is 4.98 Å². The Hall–Kier alpha value is -1.68. The molecular weight excluding hydrogens is 224 g/mol. The molecular formula is C14H18N4. The van der Waals surface area contributed by atoms with Crippen molar-refractivity contribution in [2.24, 2.45) is 5.73 Å². The molecule has 4 heteroatoms. The van der Waals surface area contributed by atoms with Gasteiger partial charge in [-0.25, -0.2) is 4.98 Å². The first-order chi connectivity index (χ1) is 8.90. The van der Waals surface area contributed by atoms with Crippen LogP contribution in [0.2, 0.25) is 0 Å². The van der Waals surface area contributed by atoms with E-state index in [4.69, 9.17) is 10.7 Å². The third-order valence-electron chi connectivity index (χ3n) is 3.52. The van der Waals surface area contributed by atoms with Crippen LogP contribution in [0.5, 0.6) is 0 Å². The van der Waals surface area contributed by atoms with Crippen molar-refractivity contribution in [2.75, 3.05) is 6.54 Å². The maximum absolute atomic E-state index is 5.68. The molecule has 0 unspecified atom stereocenters. The summed E-state index contributed by atoms with van der Waals surface area (Å²) < 4.78 is 2.37. The Bertz CT molecular complexity index is 530. The fraction of sp³-hybridized carbons (Fsp3) is 0.429. The summed E-state index contributed by atoms with van der Waals surface area (Å²) in [6.45, 7) is 1.75. The van der Waals surface area contributed by atoms with Gasteiger partial charge in [0.05, 0.1) is 5.69 Å². The lowest BCUT2D eigenvalue weighted by Crippen LogP contribution is -2.15. The average Bonchev–Trinajstić information content (AvgIpc) is 2.80. The molecule has 0 spiro atoms. The van der Waals surface area contributed by atoms with E-state index in [9.17, 15) is 0 Å². The zero-order valence-electron chi connectivity index (χ0n) is 10.5. The third kappa shape index (κ3) is 1.93. The first-order valence-corrected chi connectivity index (χ1v) is 6.59. The lowest BCUT2D eigenvalue weighted by Gasteiger charge is -2.17. The van der Waals surface area contributed by atoms with Crippen LogP contribution >= 0.6 is 0 Å². The van der Waals surface area contributed by atoms with Gasteiger partial charge >= 0.3 is 0 Å². The van der Waals surface area contributed by atoms with E-state index in [1.165, 1.54) is 24.1 Å². The monoisotopic (exact) mass is 242 g/mol. The second kappa shape index (κ2) is 4.90. The maximum atomic E-state index is 5.68. The highest BCUT2D eigenvalue weighted by atomic mass is 15.1. The van der Waals surface area contributed by atoms with Gasteiger partial charge in [-0.05, 0) is 37.9 Å². The minimum atomic E-state index is 0.659. The van der Waals surface area contributed by atoms with E-state index in [0.29, 0.717) is 6.54 Å². The van der Waals surface area contributed by atoms with Crippen LogP contribution in [0.25, 0.3) is 11.3 Å². The largest absolute Gasteiger partial charge is 0.331 e. The SMILES string of the molecule is NCCc1nc(-c2ccncc2)c2n1CCCC2. The van der Waals surface area contributed by atoms with Crippen molar-refractivity contribution in [3.8, 4) is 11.3 Å². The van der Waals surface area contributed by atoms with Gasteiger partial charge < -0.3 is 10.3 Å². The first kappa shape index (κ1) is 11.4. The van der Waals surface area contributed by atoms with Crippen LogP contribution in [0, 0.1) is 0 Å². The summed E-state index contributed by atoms with van der Waals surface area (Å²) in [5.41, 5.74) is 9.34. The molecule has 0 aliphatic carbocycles. The fourth-order valence-corrected chi connectivity index (χ4v) is 2.68. The molecule has 0 fully saturated rings. The van der Waals surface area contributed by atoms with Crippen LogP contribution in [0.3, 0.4) is 0 Å². The quantitative estimate of drug-likeness (QED) is 0.892. The second-order valence-electron chi connectivity index (χ2n) is 4.71. The lowest BCUT2D eigenvalue weighted by molar-refractivity contribution is 0.515. The number of aromatic nitrogens is 3. The van der Waals surface area contributed by atoms with E-state index >= 15 is 0 Å². The molecule has 1 aliphatic rings. The number of fused-ring (bicyclic) bond motifs is 1. The average molecular weight is 242 g/mol. The minimum Gasteiger partial charge on any atom is -0.331 e. The second-order valence-corrected chi connectivity index (χ2v) is 4.71. The number of imidazole rings is 1. The molecule has 0 amide bonds. The highest BCUT2D eigenvalue weighted by Crippen LogP contribution is 2.28. The summed E-state index contributed by atoms with van der Waals surface area (Å²) >= 11 is 0. The van der Waals surface area contributed by atoms with E-state index in [0.717, 1.165) is 30.9 Å². The first-order valence-electron chi connectivity index (χ1n) is 6.59. The zero-order chi connectivity index (χ0) is 12.4. The Balaban J connectivity index is 2.09. The van der Waals surface area contributed by atoms with E-state index in [1.807, 2.05) is 24.5 Å². The van der Waals surface area contributed by atoms with E-state index in [-0.39, 0.29) is 0 Å². The Morgan fingerprint density at radius 3 is 2.83 bits per heavy atom. The van der Waals surface area contributed by atoms with Gasteiger partial charge in [0.1, 0.15) is 5.82 Å². The van der Waals surface area contributed by atoms with Crippen LogP contribution in [0.15, 0.2) is 24.5 Å². The van der Waals surface area contributed by atoms with Gasteiger partial charge in [0.25, 0.3) is 0 Å². The number of rotatable bonds is 3. The van der Waals surface area contributed by atoms with Crippen molar-refractivity contribution in [3.63, 3.8) is 0 Å². The van der Waals surface area contributed by atoms with E-state index < -0.39 is 0 Å². The van der Waals surface area contributed by atoms with Crippen molar-refractivity contribution < 1.29 is 0 Å². The highest BCUT2D eigenvalue weighted by molar-refractivity contribution is 5.62. The molecule has 0 radical (unpaired) electrons. The van der Waals surface area contributed by atoms with Gasteiger partial charge in [0.15, 0.2) is 0 Å². The fourth-order valence-electron chi connectivity index (χ4n) is 2.68. The van der Waals surface area contributed by atoms with Gasteiger partial charge in [-0.15, -0.1) is 0 Å². The summed E-state index contributed by atoms with van der Waals surface area (Å²) in [5, 5.41) is 0. The molecule has 3 rings (SSSR count). The van der Waals surface area contributed by atoms with Crippen molar-refractivity contribution in [1.29, 1.82) is 0 Å². The molecule has 0 atom stereocenters. The Labute approximate surface area is 107 Å². The van der Waals surface area contributed by atoms with E-state index in [1.54, 1.807) is 0 Å². The summed E-state index contributed by atoms with van der Waals surface area (Å²) in [7, 11) is 0. The normalized spacial score (nSPS) is 14.5. The highest BCUT2D eigenvalue weighted by Gasteiger charge is 2.20. The van der Waals surface area contributed by atoms with E-state index in [2.05, 4.69) is 9.55 Å². The molecule has 1 aliphatic heterocycles. The lowest BCUT2D eigenvalue weighted by atomic mass is 10.0. The smallest absolute Gasteiger partial charge is 0.110 e. The van der Waals surface area contributed by atoms with Crippen molar-refractivity contribution in [1.82, 2.24) is 14.5 Å². The van der Waals surface area contributed by atoms with Gasteiger partial charge in [0.2, 0.25) is 0 Å². The third-order valence-corrected chi connectivity index (χ3v) is 3.52. The summed E-state index contributed by atoms with van der Waals surface area (Å²) in [4.78, 5) is 8.88. The maximum Gasteiger partial charge on any atom is 0.110 e. The molecule has 0 saturated carbocycles. The van der Waals surface area contributed by atoms with Crippen LogP contribution in [-0.4, -0.2) is 21.1 Å². The van der Waals surface area contributed by atoms with Crippen molar-refractivity contribution >= 4 is 0 Å². The minimum absolute atomic E-state index is 0.659. The Kier molecular flexibility index (Phi) is 3.11. The predicted octanol–water partition coefficient (Wildman–Crippen LogP) is 1.78. The number of nitrogens with two attached hydrogens (primary N) is 1. The number of hydrogen-bond donors (Lipinski definition) is 1. The molecule has 2 aromatic heterocycles. The van der Waals surface area contributed by atoms with Gasteiger partial charge in [-0.2, -0.15) is 0 Å². The molecule has 0 bridgehead atoms. The standard InChI is InChI=1S/C14H18N4/c15-7-4-13-17-14(11-5-8-16-9-6-11)12-3-1-2-10-18(12)13/h5-6,8-9H,1-4,7,10,15H2. The molecule has 2 N–H and O–H groups in total. The topological polar surface area (TPSA) is 56.7 Å².